The molecule has 1 aromatic rings. The summed E-state index contributed by atoms with van der Waals surface area (Å²) in [5.41, 5.74) is 7.70. The van der Waals surface area contributed by atoms with Gasteiger partial charge in [-0.15, -0.1) is 0 Å². The summed E-state index contributed by atoms with van der Waals surface area (Å²) in [5.74, 6) is -0.0399. The highest BCUT2D eigenvalue weighted by atomic mass is 127. The van der Waals surface area contributed by atoms with Crippen LogP contribution < -0.4 is 11.2 Å². The third-order valence-electron chi connectivity index (χ3n) is 1.27. The fourth-order valence-electron chi connectivity index (χ4n) is 0.727. The minimum atomic E-state index is -0.0399. The number of halogens is 2. The Morgan fingerprint density at radius 2 is 2.31 bits per heavy atom. The van der Waals surface area contributed by atoms with Gasteiger partial charge < -0.3 is 5.73 Å². The Bertz CT molecular complexity index is 343. The largest absolute Gasteiger partial charge is 0.368 e. The van der Waals surface area contributed by atoms with Crippen LogP contribution in [0.4, 0.5) is 5.69 Å². The molecule has 0 unspecified atom stereocenters. The third kappa shape index (κ3) is 3.12. The normalized spacial score (nSPS) is 11.5. The van der Waals surface area contributed by atoms with E-state index in [1.807, 2.05) is 12.1 Å². The predicted octanol–water partition coefficient (Wildman–Crippen LogP) is 1.98. The van der Waals surface area contributed by atoms with Gasteiger partial charge in [-0.2, -0.15) is 0 Å². The summed E-state index contributed by atoms with van der Waals surface area (Å²) in [4.78, 5) is 3.90. The van der Waals surface area contributed by atoms with E-state index in [0.717, 1.165) is 8.04 Å². The molecule has 0 atom stereocenters. The minimum Gasteiger partial charge on any atom is -0.368 e. The topological polar surface area (TPSA) is 70.6 Å². The van der Waals surface area contributed by atoms with Crippen LogP contribution in [0.1, 0.15) is 0 Å². The monoisotopic (exact) mass is 355 g/mol. The van der Waals surface area contributed by atoms with Gasteiger partial charge in [0.2, 0.25) is 5.96 Å². The highest BCUT2D eigenvalue weighted by molar-refractivity contribution is 14.1. The molecule has 1 rings (SSSR count). The lowest BCUT2D eigenvalue weighted by atomic mass is 10.3. The zero-order valence-corrected chi connectivity index (χ0v) is 10.2. The van der Waals surface area contributed by atoms with Gasteiger partial charge in [0.15, 0.2) is 0 Å². The molecule has 0 fully saturated rings. The molecule has 70 valence electrons. The van der Waals surface area contributed by atoms with Gasteiger partial charge in [-0.05, 0) is 56.7 Å². The lowest BCUT2D eigenvalue weighted by Gasteiger charge is -2.00. The van der Waals surface area contributed by atoms with Gasteiger partial charge >= 0.3 is 0 Å². The molecule has 0 heterocycles. The molecule has 0 amide bonds. The molecule has 0 aliphatic carbocycles. The van der Waals surface area contributed by atoms with Crippen molar-refractivity contribution in [3.8, 4) is 0 Å². The van der Waals surface area contributed by atoms with E-state index in [1.165, 1.54) is 0 Å². The van der Waals surface area contributed by atoms with Gasteiger partial charge in [-0.25, -0.2) is 10.5 Å². The second-order valence-corrected chi connectivity index (χ2v) is 4.30. The average molecular weight is 356 g/mol. The zero-order chi connectivity index (χ0) is 9.84. The van der Waals surface area contributed by atoms with E-state index in [2.05, 4.69) is 43.5 Å². The van der Waals surface area contributed by atoms with Crippen LogP contribution >= 0.6 is 38.5 Å². The van der Waals surface area contributed by atoms with E-state index < -0.39 is 0 Å². The lowest BCUT2D eigenvalue weighted by Crippen LogP contribution is -2.27. The summed E-state index contributed by atoms with van der Waals surface area (Å²) < 4.78 is 1.93. The number of benzene rings is 1. The molecule has 4 nitrogen and oxygen atoms in total. The number of rotatable bonds is 1. The van der Waals surface area contributed by atoms with Crippen molar-refractivity contribution in [1.29, 1.82) is 0 Å². The quantitative estimate of drug-likeness (QED) is 0.312. The SMILES string of the molecule is NC(=Nc1ccc(I)cc1Br)NO. The second kappa shape index (κ2) is 4.77. The number of nitrogens with two attached hydrogens (primary N) is 1. The highest BCUT2D eigenvalue weighted by Gasteiger charge is 1.99. The van der Waals surface area contributed by atoms with Gasteiger partial charge in [0, 0.05) is 8.04 Å². The Labute approximate surface area is 97.5 Å². The van der Waals surface area contributed by atoms with Crippen LogP contribution in [-0.2, 0) is 0 Å². The number of hydrogen-bond acceptors (Lipinski definition) is 2. The number of nitrogens with one attached hydrogen (secondary N) is 1. The van der Waals surface area contributed by atoms with Crippen molar-refractivity contribution >= 4 is 50.2 Å². The van der Waals surface area contributed by atoms with Crippen molar-refractivity contribution < 1.29 is 5.21 Å². The summed E-state index contributed by atoms with van der Waals surface area (Å²) in [5, 5.41) is 8.42. The number of hydroxylamine groups is 1. The van der Waals surface area contributed by atoms with E-state index in [0.29, 0.717) is 5.69 Å². The summed E-state index contributed by atoms with van der Waals surface area (Å²) in [6.07, 6.45) is 0. The van der Waals surface area contributed by atoms with Crippen molar-refractivity contribution in [2.75, 3.05) is 0 Å². The maximum absolute atomic E-state index is 8.42. The molecule has 1 aromatic carbocycles. The summed E-state index contributed by atoms with van der Waals surface area (Å²) in [6.45, 7) is 0. The molecule has 0 aliphatic rings. The minimum absolute atomic E-state index is 0.0399. The van der Waals surface area contributed by atoms with E-state index in [9.17, 15) is 0 Å². The molecular weight excluding hydrogens is 349 g/mol. The van der Waals surface area contributed by atoms with Crippen molar-refractivity contribution in [2.45, 2.75) is 0 Å². The summed E-state index contributed by atoms with van der Waals surface area (Å²) >= 11 is 5.52. The Kier molecular flexibility index (Phi) is 3.94. The standard InChI is InChI=1S/C7H7BrIN3O/c8-5-3-4(9)1-2-6(5)11-7(10)12-13/h1-3,13H,(H3,10,11,12). The molecule has 13 heavy (non-hydrogen) atoms. The molecule has 0 saturated carbocycles. The van der Waals surface area contributed by atoms with Crippen molar-refractivity contribution in [3.05, 3.63) is 26.2 Å². The summed E-state index contributed by atoms with van der Waals surface area (Å²) in [6, 6.07) is 5.61. The first-order chi connectivity index (χ1) is 6.13. The van der Waals surface area contributed by atoms with E-state index >= 15 is 0 Å². The van der Waals surface area contributed by atoms with Crippen LogP contribution in [0, 0.1) is 3.57 Å². The predicted molar refractivity (Wildman–Crippen MR) is 63.1 cm³/mol. The number of guanidine groups is 1. The van der Waals surface area contributed by atoms with Gasteiger partial charge in [0.05, 0.1) is 5.69 Å². The van der Waals surface area contributed by atoms with Crippen LogP contribution in [0.25, 0.3) is 0 Å². The fourth-order valence-corrected chi connectivity index (χ4v) is 2.11. The molecule has 0 radical (unpaired) electrons. The fraction of sp³-hybridized carbons (Fsp3) is 0. The molecule has 0 bridgehead atoms. The van der Waals surface area contributed by atoms with E-state index in [-0.39, 0.29) is 5.96 Å². The molecule has 6 heteroatoms. The van der Waals surface area contributed by atoms with Crippen LogP contribution in [0.5, 0.6) is 0 Å². The van der Waals surface area contributed by atoms with Gasteiger partial charge in [-0.3, -0.25) is 5.21 Å². The smallest absolute Gasteiger partial charge is 0.218 e. The average Bonchev–Trinajstić information content (AvgIpc) is 2.09. The number of hydrogen-bond donors (Lipinski definition) is 3. The molecular formula is C7H7BrIN3O. The van der Waals surface area contributed by atoms with Crippen LogP contribution in [0.15, 0.2) is 27.7 Å². The number of nitrogens with zero attached hydrogens (tertiary/aromatic N) is 1. The Balaban J connectivity index is 3.03. The zero-order valence-electron chi connectivity index (χ0n) is 6.46. The van der Waals surface area contributed by atoms with Gasteiger partial charge in [0.25, 0.3) is 0 Å². The van der Waals surface area contributed by atoms with Crippen molar-refractivity contribution in [1.82, 2.24) is 5.48 Å². The van der Waals surface area contributed by atoms with E-state index in [4.69, 9.17) is 10.9 Å². The molecule has 0 spiro atoms. The maximum atomic E-state index is 8.42. The van der Waals surface area contributed by atoms with Crippen LogP contribution in [0.2, 0.25) is 0 Å². The Morgan fingerprint density at radius 3 is 2.85 bits per heavy atom. The van der Waals surface area contributed by atoms with Gasteiger partial charge in [-0.1, -0.05) is 0 Å². The van der Waals surface area contributed by atoms with E-state index in [1.54, 1.807) is 11.5 Å². The first kappa shape index (κ1) is 10.7. The molecule has 4 N–H and O–H groups in total. The third-order valence-corrected chi connectivity index (χ3v) is 2.57. The van der Waals surface area contributed by atoms with Crippen LogP contribution in [0.3, 0.4) is 0 Å². The first-order valence-corrected chi connectivity index (χ1v) is 5.20. The molecule has 0 aromatic heterocycles. The van der Waals surface area contributed by atoms with Crippen molar-refractivity contribution in [3.63, 3.8) is 0 Å². The van der Waals surface area contributed by atoms with Crippen molar-refractivity contribution in [2.24, 2.45) is 10.7 Å². The Hall–Kier alpha value is -0.340. The second-order valence-electron chi connectivity index (χ2n) is 2.20. The van der Waals surface area contributed by atoms with Gasteiger partial charge in [0.1, 0.15) is 0 Å². The first-order valence-electron chi connectivity index (χ1n) is 3.33. The molecule has 0 saturated heterocycles. The lowest BCUT2D eigenvalue weighted by molar-refractivity contribution is 0.233. The number of aliphatic imine (C=N–C) groups is 1. The highest BCUT2D eigenvalue weighted by Crippen LogP contribution is 2.26. The maximum Gasteiger partial charge on any atom is 0.218 e. The van der Waals surface area contributed by atoms with Crippen LogP contribution in [-0.4, -0.2) is 11.2 Å². The molecule has 0 aliphatic heterocycles. The Morgan fingerprint density at radius 1 is 1.62 bits per heavy atom. The summed E-state index contributed by atoms with van der Waals surface area (Å²) in [7, 11) is 0.